The first-order valence-corrected chi connectivity index (χ1v) is 6.97. The molecule has 1 aliphatic rings. The Kier molecular flexibility index (Phi) is 4.87. The monoisotopic (exact) mass is 268 g/mol. The Morgan fingerprint density at radius 3 is 2.61 bits per heavy atom. The van der Waals surface area contributed by atoms with Crippen LogP contribution >= 0.6 is 11.6 Å². The van der Waals surface area contributed by atoms with E-state index in [9.17, 15) is 5.11 Å². The van der Waals surface area contributed by atoms with E-state index in [1.807, 2.05) is 25.1 Å². The van der Waals surface area contributed by atoms with E-state index in [0.29, 0.717) is 0 Å². The average Bonchev–Trinajstić information content (AvgIpc) is 2.39. The van der Waals surface area contributed by atoms with Crippen LogP contribution in [0.3, 0.4) is 0 Å². The van der Waals surface area contributed by atoms with Gasteiger partial charge in [0.25, 0.3) is 0 Å². The summed E-state index contributed by atoms with van der Waals surface area (Å²) >= 11 is 6.01. The quantitative estimate of drug-likeness (QED) is 0.907. The Bertz CT molecular complexity index is 378. The molecule has 1 atom stereocenters. The molecule has 0 spiro atoms. The van der Waals surface area contributed by atoms with Crippen LogP contribution in [-0.4, -0.2) is 48.8 Å². The van der Waals surface area contributed by atoms with Crippen molar-refractivity contribution in [1.29, 1.82) is 0 Å². The second-order valence-electron chi connectivity index (χ2n) is 4.83. The first-order chi connectivity index (χ1) is 8.69. The predicted molar refractivity (Wildman–Crippen MR) is 76.4 cm³/mol. The smallest absolute Gasteiger partial charge is 0.0664 e. The van der Waals surface area contributed by atoms with Crippen LogP contribution in [-0.2, 0) is 0 Å². The molecule has 1 aliphatic heterocycles. The highest BCUT2D eigenvalue weighted by Gasteiger charge is 2.18. The van der Waals surface area contributed by atoms with Gasteiger partial charge in [0.2, 0.25) is 0 Å². The van der Waals surface area contributed by atoms with Crippen molar-refractivity contribution in [2.45, 2.75) is 19.4 Å². The van der Waals surface area contributed by atoms with Crippen LogP contribution in [0.1, 0.15) is 13.3 Å². The number of benzene rings is 1. The molecule has 0 aliphatic carbocycles. The molecule has 1 saturated heterocycles. The number of rotatable bonds is 4. The summed E-state index contributed by atoms with van der Waals surface area (Å²) in [6, 6.07) is 8.00. The first kappa shape index (κ1) is 13.7. The van der Waals surface area contributed by atoms with Gasteiger partial charge in [-0.05, 0) is 24.6 Å². The van der Waals surface area contributed by atoms with Crippen LogP contribution in [0.25, 0.3) is 0 Å². The molecule has 0 saturated carbocycles. The number of halogens is 1. The number of hydrogen-bond acceptors (Lipinski definition) is 3. The van der Waals surface area contributed by atoms with E-state index in [0.717, 1.165) is 44.2 Å². The van der Waals surface area contributed by atoms with Crippen LogP contribution in [0, 0.1) is 0 Å². The minimum Gasteiger partial charge on any atom is -0.392 e. The normalized spacial score (nSPS) is 18.9. The third kappa shape index (κ3) is 3.61. The zero-order chi connectivity index (χ0) is 13.0. The molecule has 1 unspecified atom stereocenters. The van der Waals surface area contributed by atoms with Crippen molar-refractivity contribution in [3.05, 3.63) is 29.3 Å². The summed E-state index contributed by atoms with van der Waals surface area (Å²) in [6.45, 7) is 6.81. The number of β-amino-alcohol motifs (C(OH)–C–C–N with tert-alkyl or cyclic N) is 1. The molecule has 0 aromatic heterocycles. The van der Waals surface area contributed by atoms with Crippen LogP contribution < -0.4 is 4.90 Å². The fourth-order valence-corrected chi connectivity index (χ4v) is 2.47. The summed E-state index contributed by atoms with van der Waals surface area (Å²) in [6.07, 6.45) is 0.636. The molecule has 1 aromatic rings. The number of aliphatic hydroxyl groups excluding tert-OH is 1. The van der Waals surface area contributed by atoms with Gasteiger partial charge in [-0.3, -0.25) is 4.90 Å². The fraction of sp³-hybridized carbons (Fsp3) is 0.571. The lowest BCUT2D eigenvalue weighted by atomic mass is 10.2. The number of anilines is 1. The molecule has 0 bridgehead atoms. The maximum absolute atomic E-state index is 9.66. The lowest BCUT2D eigenvalue weighted by Gasteiger charge is -2.36. The molecule has 3 nitrogen and oxygen atoms in total. The highest BCUT2D eigenvalue weighted by molar-refractivity contribution is 6.30. The molecule has 1 N–H and O–H groups in total. The molecule has 1 heterocycles. The zero-order valence-corrected chi connectivity index (χ0v) is 11.6. The molecule has 0 amide bonds. The van der Waals surface area contributed by atoms with Gasteiger partial charge in [-0.2, -0.15) is 0 Å². The number of aliphatic hydroxyl groups is 1. The van der Waals surface area contributed by atoms with Crippen LogP contribution in [0.15, 0.2) is 24.3 Å². The van der Waals surface area contributed by atoms with Gasteiger partial charge in [0.15, 0.2) is 0 Å². The Morgan fingerprint density at radius 2 is 2.00 bits per heavy atom. The molecular weight excluding hydrogens is 248 g/mol. The van der Waals surface area contributed by atoms with Crippen molar-refractivity contribution in [2.75, 3.05) is 37.6 Å². The number of nitrogens with zero attached hydrogens (tertiary/aromatic N) is 2. The molecule has 1 fully saturated rings. The summed E-state index contributed by atoms with van der Waals surface area (Å²) in [4.78, 5) is 4.68. The molecule has 4 heteroatoms. The number of piperazine rings is 1. The van der Waals surface area contributed by atoms with Crippen molar-refractivity contribution in [3.8, 4) is 0 Å². The maximum Gasteiger partial charge on any atom is 0.0664 e. The number of hydrogen-bond donors (Lipinski definition) is 1. The van der Waals surface area contributed by atoms with E-state index < -0.39 is 0 Å². The fourth-order valence-electron chi connectivity index (χ4n) is 2.29. The second-order valence-corrected chi connectivity index (χ2v) is 5.27. The van der Waals surface area contributed by atoms with Gasteiger partial charge in [0.1, 0.15) is 0 Å². The van der Waals surface area contributed by atoms with Crippen molar-refractivity contribution >= 4 is 17.3 Å². The molecular formula is C14H21ClN2O. The van der Waals surface area contributed by atoms with E-state index in [1.165, 1.54) is 5.69 Å². The van der Waals surface area contributed by atoms with Gasteiger partial charge >= 0.3 is 0 Å². The summed E-state index contributed by atoms with van der Waals surface area (Å²) in [5, 5.41) is 10.4. The molecule has 0 radical (unpaired) electrons. The van der Waals surface area contributed by atoms with Crippen LogP contribution in [0.5, 0.6) is 0 Å². The van der Waals surface area contributed by atoms with E-state index in [4.69, 9.17) is 11.6 Å². The first-order valence-electron chi connectivity index (χ1n) is 6.60. The predicted octanol–water partition coefficient (Wildman–Crippen LogP) is 2.23. The van der Waals surface area contributed by atoms with Crippen molar-refractivity contribution in [1.82, 2.24) is 4.90 Å². The van der Waals surface area contributed by atoms with Gasteiger partial charge in [-0.1, -0.05) is 24.6 Å². The minimum absolute atomic E-state index is 0.192. The van der Waals surface area contributed by atoms with E-state index in [2.05, 4.69) is 15.9 Å². The minimum atomic E-state index is -0.192. The van der Waals surface area contributed by atoms with Gasteiger partial charge in [0, 0.05) is 43.4 Å². The third-order valence-electron chi connectivity index (χ3n) is 3.49. The molecule has 18 heavy (non-hydrogen) atoms. The van der Waals surface area contributed by atoms with Gasteiger partial charge in [-0.25, -0.2) is 0 Å². The van der Waals surface area contributed by atoms with Gasteiger partial charge in [0.05, 0.1) is 6.10 Å². The highest BCUT2D eigenvalue weighted by Crippen LogP contribution is 2.20. The summed E-state index contributed by atoms with van der Waals surface area (Å²) in [7, 11) is 0. The van der Waals surface area contributed by atoms with E-state index >= 15 is 0 Å². The topological polar surface area (TPSA) is 26.7 Å². The van der Waals surface area contributed by atoms with Gasteiger partial charge in [-0.15, -0.1) is 0 Å². The maximum atomic E-state index is 9.66. The Labute approximate surface area is 114 Å². The van der Waals surface area contributed by atoms with E-state index in [1.54, 1.807) is 0 Å². The Balaban J connectivity index is 1.87. The molecule has 1 aromatic carbocycles. The van der Waals surface area contributed by atoms with Crippen LogP contribution in [0.4, 0.5) is 5.69 Å². The summed E-state index contributed by atoms with van der Waals surface area (Å²) < 4.78 is 0. The van der Waals surface area contributed by atoms with Crippen molar-refractivity contribution in [2.24, 2.45) is 0 Å². The Morgan fingerprint density at radius 1 is 1.28 bits per heavy atom. The Hall–Kier alpha value is -0.770. The molecule has 100 valence electrons. The largest absolute Gasteiger partial charge is 0.392 e. The van der Waals surface area contributed by atoms with E-state index in [-0.39, 0.29) is 6.10 Å². The SMILES string of the molecule is CCC(O)CN1CCN(c2cccc(Cl)c2)CC1. The zero-order valence-electron chi connectivity index (χ0n) is 10.8. The average molecular weight is 269 g/mol. The van der Waals surface area contributed by atoms with Crippen LogP contribution in [0.2, 0.25) is 5.02 Å². The second kappa shape index (κ2) is 6.41. The standard InChI is InChI=1S/C14H21ClN2O/c1-2-14(18)11-16-6-8-17(9-7-16)13-5-3-4-12(15)10-13/h3-5,10,14,18H,2,6-9,11H2,1H3. The van der Waals surface area contributed by atoms with Crippen molar-refractivity contribution in [3.63, 3.8) is 0 Å². The lowest BCUT2D eigenvalue weighted by molar-refractivity contribution is 0.106. The van der Waals surface area contributed by atoms with Crippen molar-refractivity contribution < 1.29 is 5.11 Å². The highest BCUT2D eigenvalue weighted by atomic mass is 35.5. The molecule has 2 rings (SSSR count). The van der Waals surface area contributed by atoms with Gasteiger partial charge < -0.3 is 10.0 Å². The summed E-state index contributed by atoms with van der Waals surface area (Å²) in [5.74, 6) is 0. The summed E-state index contributed by atoms with van der Waals surface area (Å²) in [5.41, 5.74) is 1.19. The lowest BCUT2D eigenvalue weighted by Crippen LogP contribution is -2.48. The third-order valence-corrected chi connectivity index (χ3v) is 3.72.